The van der Waals surface area contributed by atoms with Crippen molar-refractivity contribution >= 4 is 35.2 Å². The summed E-state index contributed by atoms with van der Waals surface area (Å²) in [5.74, 6) is -1.10. The first kappa shape index (κ1) is 23.1. The zero-order chi connectivity index (χ0) is 22.1. The molecular weight excluding hydrogens is 408 g/mol. The Labute approximate surface area is 179 Å². The summed E-state index contributed by atoms with van der Waals surface area (Å²) in [5, 5.41) is 5.53. The van der Waals surface area contributed by atoms with Crippen molar-refractivity contribution in [2.24, 2.45) is 0 Å². The van der Waals surface area contributed by atoms with Gasteiger partial charge in [0.15, 0.2) is 11.8 Å². The number of amides is 2. The molecule has 0 radical (unpaired) electrons. The van der Waals surface area contributed by atoms with E-state index in [-0.39, 0.29) is 12.3 Å². The van der Waals surface area contributed by atoms with Crippen LogP contribution in [0.5, 0.6) is 5.75 Å². The van der Waals surface area contributed by atoms with Crippen LogP contribution in [0.2, 0.25) is 0 Å². The Morgan fingerprint density at radius 2 is 1.73 bits per heavy atom. The number of hydrogen-bond acceptors (Lipinski definition) is 8. The number of thioether (sulfide) groups is 1. The molecule has 1 aromatic heterocycles. The third-order valence-electron chi connectivity index (χ3n) is 3.72. The zero-order valence-corrected chi connectivity index (χ0v) is 18.1. The van der Waals surface area contributed by atoms with Crippen LogP contribution >= 0.6 is 11.8 Å². The number of methoxy groups -OCH3 is 1. The lowest BCUT2D eigenvalue weighted by Gasteiger charge is -2.11. The van der Waals surface area contributed by atoms with Crippen molar-refractivity contribution in [1.82, 2.24) is 15.3 Å². The number of carbonyl (C=O) groups excluding carboxylic acids is 3. The molecule has 9 nitrogen and oxygen atoms in total. The first-order chi connectivity index (χ1) is 14.3. The Balaban J connectivity index is 1.71. The Hall–Kier alpha value is -3.14. The van der Waals surface area contributed by atoms with Crippen LogP contribution in [0.4, 0.5) is 5.69 Å². The Morgan fingerprint density at radius 1 is 1.03 bits per heavy atom. The van der Waals surface area contributed by atoms with Crippen LogP contribution in [-0.4, -0.2) is 53.8 Å². The van der Waals surface area contributed by atoms with Crippen molar-refractivity contribution in [2.45, 2.75) is 25.9 Å². The van der Waals surface area contributed by atoms with Crippen LogP contribution < -0.4 is 15.4 Å². The zero-order valence-electron chi connectivity index (χ0n) is 17.3. The molecule has 0 aliphatic heterocycles. The molecule has 0 fully saturated rings. The minimum Gasteiger partial charge on any atom is -0.495 e. The van der Waals surface area contributed by atoms with E-state index in [0.29, 0.717) is 16.6 Å². The van der Waals surface area contributed by atoms with Gasteiger partial charge in [0.1, 0.15) is 5.75 Å². The molecule has 30 heavy (non-hydrogen) atoms. The molecule has 0 unspecified atom stereocenters. The molecule has 2 aromatic rings. The number of hydrogen-bond donors (Lipinski definition) is 2. The highest BCUT2D eigenvalue weighted by molar-refractivity contribution is 7.99. The average Bonchev–Trinajstić information content (AvgIpc) is 2.68. The van der Waals surface area contributed by atoms with Crippen molar-refractivity contribution < 1.29 is 23.9 Å². The van der Waals surface area contributed by atoms with Crippen LogP contribution in [0.3, 0.4) is 0 Å². The normalized spacial score (nSPS) is 10.3. The lowest BCUT2D eigenvalue weighted by Crippen LogP contribution is -2.35. The number of nitrogens with zero attached hydrogens (tertiary/aromatic N) is 2. The highest BCUT2D eigenvalue weighted by Crippen LogP contribution is 2.24. The van der Waals surface area contributed by atoms with Gasteiger partial charge >= 0.3 is 5.97 Å². The van der Waals surface area contributed by atoms with Gasteiger partial charge in [-0.1, -0.05) is 17.8 Å². The number of anilines is 1. The molecule has 10 heteroatoms. The maximum atomic E-state index is 12.0. The molecule has 0 aliphatic rings. The maximum absolute atomic E-state index is 12.0. The van der Waals surface area contributed by atoms with E-state index in [9.17, 15) is 14.4 Å². The summed E-state index contributed by atoms with van der Waals surface area (Å²) in [7, 11) is 1.50. The fraction of sp³-hybridized carbons (Fsp3) is 0.350. The molecule has 0 saturated heterocycles. The molecule has 2 rings (SSSR count). The van der Waals surface area contributed by atoms with Gasteiger partial charge in [-0.3, -0.25) is 14.4 Å². The quantitative estimate of drug-likeness (QED) is 0.350. The monoisotopic (exact) mass is 432 g/mol. The third-order valence-corrected chi connectivity index (χ3v) is 4.54. The van der Waals surface area contributed by atoms with Gasteiger partial charge in [-0.05, 0) is 44.5 Å². The van der Waals surface area contributed by atoms with E-state index in [0.717, 1.165) is 28.7 Å². The predicted molar refractivity (Wildman–Crippen MR) is 113 cm³/mol. The number of rotatable bonds is 9. The van der Waals surface area contributed by atoms with Crippen LogP contribution in [0, 0.1) is 20.8 Å². The standard InChI is InChI=1S/C20H24N4O5S/c1-12-5-6-16(28-4)15(7-12)24-17(25)9-21-18(26)10-29-19(27)11-30-20-22-13(2)8-14(3)23-20/h5-8H,9-11H2,1-4H3,(H,21,26)(H,24,25). The number of esters is 1. The topological polar surface area (TPSA) is 120 Å². The van der Waals surface area contributed by atoms with Gasteiger partial charge in [-0.15, -0.1) is 0 Å². The summed E-state index contributed by atoms with van der Waals surface area (Å²) in [6.07, 6.45) is 0. The predicted octanol–water partition coefficient (Wildman–Crippen LogP) is 1.80. The summed E-state index contributed by atoms with van der Waals surface area (Å²) in [4.78, 5) is 44.1. The van der Waals surface area contributed by atoms with Crippen molar-refractivity contribution in [3.05, 3.63) is 41.2 Å². The van der Waals surface area contributed by atoms with Crippen molar-refractivity contribution in [1.29, 1.82) is 0 Å². The van der Waals surface area contributed by atoms with Crippen LogP contribution in [-0.2, 0) is 19.1 Å². The van der Waals surface area contributed by atoms with Crippen molar-refractivity contribution in [3.8, 4) is 5.75 Å². The van der Waals surface area contributed by atoms with E-state index >= 15 is 0 Å². The van der Waals surface area contributed by atoms with Crippen molar-refractivity contribution in [2.75, 3.05) is 31.3 Å². The second kappa shape index (κ2) is 11.1. The summed E-state index contributed by atoms with van der Waals surface area (Å²) in [5.41, 5.74) is 3.07. The Bertz CT molecular complexity index is 915. The Kier molecular flexibility index (Phi) is 8.60. The summed E-state index contributed by atoms with van der Waals surface area (Å²) in [6.45, 7) is 4.82. The second-order valence-corrected chi connectivity index (χ2v) is 7.35. The van der Waals surface area contributed by atoms with Gasteiger partial charge < -0.3 is 20.1 Å². The van der Waals surface area contributed by atoms with Gasteiger partial charge in [-0.2, -0.15) is 0 Å². The minimum absolute atomic E-state index is 0.0240. The SMILES string of the molecule is COc1ccc(C)cc1NC(=O)CNC(=O)COC(=O)CSc1nc(C)cc(C)n1. The largest absolute Gasteiger partial charge is 0.495 e. The number of carbonyl (C=O) groups is 3. The molecular formula is C20H24N4O5S. The van der Waals surface area contributed by atoms with Gasteiger partial charge in [0, 0.05) is 11.4 Å². The molecule has 160 valence electrons. The molecule has 1 aromatic carbocycles. The number of aryl methyl sites for hydroxylation is 3. The summed E-state index contributed by atoms with van der Waals surface area (Å²) in [6, 6.07) is 7.19. The van der Waals surface area contributed by atoms with Gasteiger partial charge in [0.05, 0.1) is 25.1 Å². The van der Waals surface area contributed by atoms with Crippen LogP contribution in [0.25, 0.3) is 0 Å². The lowest BCUT2D eigenvalue weighted by molar-refractivity contribution is -0.146. The van der Waals surface area contributed by atoms with Crippen LogP contribution in [0.1, 0.15) is 17.0 Å². The number of aromatic nitrogens is 2. The molecule has 0 saturated carbocycles. The average molecular weight is 433 g/mol. The third kappa shape index (κ3) is 7.70. The highest BCUT2D eigenvalue weighted by Gasteiger charge is 2.12. The van der Waals surface area contributed by atoms with E-state index in [4.69, 9.17) is 9.47 Å². The number of ether oxygens (including phenoxy) is 2. The Morgan fingerprint density at radius 3 is 2.40 bits per heavy atom. The molecule has 0 atom stereocenters. The van der Waals surface area contributed by atoms with Crippen molar-refractivity contribution in [3.63, 3.8) is 0 Å². The van der Waals surface area contributed by atoms with E-state index in [1.165, 1.54) is 7.11 Å². The number of benzene rings is 1. The second-order valence-electron chi connectivity index (χ2n) is 6.41. The molecule has 2 N–H and O–H groups in total. The molecule has 0 spiro atoms. The summed E-state index contributed by atoms with van der Waals surface area (Å²) >= 11 is 1.13. The van der Waals surface area contributed by atoms with Gasteiger partial charge in [-0.25, -0.2) is 9.97 Å². The first-order valence-corrected chi connectivity index (χ1v) is 10.1. The molecule has 1 heterocycles. The summed E-state index contributed by atoms with van der Waals surface area (Å²) < 4.78 is 10.1. The van der Waals surface area contributed by atoms with Gasteiger partial charge in [0.25, 0.3) is 5.91 Å². The van der Waals surface area contributed by atoms with E-state index in [1.807, 2.05) is 32.9 Å². The number of nitrogens with one attached hydrogen (secondary N) is 2. The minimum atomic E-state index is -0.581. The lowest BCUT2D eigenvalue weighted by atomic mass is 10.2. The van der Waals surface area contributed by atoms with E-state index < -0.39 is 24.4 Å². The first-order valence-electron chi connectivity index (χ1n) is 9.08. The highest BCUT2D eigenvalue weighted by atomic mass is 32.2. The van der Waals surface area contributed by atoms with E-state index in [1.54, 1.807) is 12.1 Å². The molecule has 2 amide bonds. The van der Waals surface area contributed by atoms with Crippen LogP contribution in [0.15, 0.2) is 29.4 Å². The fourth-order valence-corrected chi connectivity index (χ4v) is 3.16. The van der Waals surface area contributed by atoms with Gasteiger partial charge in [0.2, 0.25) is 5.91 Å². The fourth-order valence-electron chi connectivity index (χ4n) is 2.41. The van der Waals surface area contributed by atoms with E-state index in [2.05, 4.69) is 20.6 Å². The maximum Gasteiger partial charge on any atom is 0.316 e. The smallest absolute Gasteiger partial charge is 0.316 e. The molecule has 0 bridgehead atoms. The molecule has 0 aliphatic carbocycles.